The van der Waals surface area contributed by atoms with Crippen molar-refractivity contribution < 1.29 is 9.21 Å². The van der Waals surface area contributed by atoms with E-state index in [1.807, 2.05) is 18.2 Å². The largest absolute Gasteiger partial charge is 0.467 e. The van der Waals surface area contributed by atoms with Crippen LogP contribution in [0.4, 0.5) is 5.69 Å². The molecule has 1 aliphatic heterocycles. The van der Waals surface area contributed by atoms with Crippen LogP contribution in [-0.2, 0) is 19.5 Å². The average molecular weight is 380 g/mol. The van der Waals surface area contributed by atoms with E-state index < -0.39 is 0 Å². The number of carbonyl (C=O) groups excluding carboxylic acids is 1. The molecule has 28 heavy (non-hydrogen) atoms. The second kappa shape index (κ2) is 7.84. The van der Waals surface area contributed by atoms with Crippen LogP contribution in [0.1, 0.15) is 47.7 Å². The highest BCUT2D eigenvalue weighted by molar-refractivity contribution is 5.93. The van der Waals surface area contributed by atoms with Crippen molar-refractivity contribution in [1.82, 2.24) is 25.1 Å². The van der Waals surface area contributed by atoms with E-state index in [1.165, 1.54) is 0 Å². The van der Waals surface area contributed by atoms with Gasteiger partial charge in [0.25, 0.3) is 5.91 Å². The minimum absolute atomic E-state index is 0.215. The topological polar surface area (TPSA) is 89.1 Å². The number of fused-ring (bicyclic) bond motifs is 1. The molecule has 4 rings (SSSR count). The van der Waals surface area contributed by atoms with Gasteiger partial charge in [0.05, 0.1) is 12.8 Å². The third-order valence-corrected chi connectivity index (χ3v) is 4.92. The molecule has 0 bridgehead atoms. The summed E-state index contributed by atoms with van der Waals surface area (Å²) in [6.45, 7) is 7.11. The molecule has 0 aliphatic carbocycles. The summed E-state index contributed by atoms with van der Waals surface area (Å²) < 4.78 is 7.47. The lowest BCUT2D eigenvalue weighted by atomic mass is 10.2. The van der Waals surface area contributed by atoms with Gasteiger partial charge in [-0.05, 0) is 24.3 Å². The van der Waals surface area contributed by atoms with Gasteiger partial charge in [0, 0.05) is 43.9 Å². The van der Waals surface area contributed by atoms with Crippen LogP contribution in [0.2, 0.25) is 0 Å². The van der Waals surface area contributed by atoms with Crippen LogP contribution in [0.25, 0.3) is 0 Å². The Labute approximate surface area is 163 Å². The Morgan fingerprint density at radius 2 is 2.14 bits per heavy atom. The first-order valence-electron chi connectivity index (χ1n) is 9.55. The van der Waals surface area contributed by atoms with Gasteiger partial charge < -0.3 is 19.2 Å². The van der Waals surface area contributed by atoms with E-state index in [4.69, 9.17) is 4.42 Å². The number of furan rings is 1. The molecular weight excluding hydrogens is 356 g/mol. The van der Waals surface area contributed by atoms with Gasteiger partial charge in [-0.1, -0.05) is 13.8 Å². The zero-order valence-corrected chi connectivity index (χ0v) is 16.1. The number of nitrogens with zero attached hydrogens (tertiary/aromatic N) is 5. The summed E-state index contributed by atoms with van der Waals surface area (Å²) in [5, 5.41) is 11.5. The van der Waals surface area contributed by atoms with Gasteiger partial charge in [0.15, 0.2) is 0 Å². The molecule has 0 saturated carbocycles. The molecule has 4 heterocycles. The molecule has 0 fully saturated rings. The maximum atomic E-state index is 12.4. The molecule has 0 radical (unpaired) electrons. The normalized spacial score (nSPS) is 14.0. The second-order valence-electron chi connectivity index (χ2n) is 7.18. The monoisotopic (exact) mass is 380 g/mol. The SMILES string of the molecule is CC(C)c1nnc2n1CCN(c1ccnc(C(=O)NCc3ccco3)c1)CC2. The maximum Gasteiger partial charge on any atom is 0.270 e. The van der Waals surface area contributed by atoms with Gasteiger partial charge >= 0.3 is 0 Å². The van der Waals surface area contributed by atoms with Crippen molar-refractivity contribution in [3.05, 3.63) is 59.8 Å². The van der Waals surface area contributed by atoms with Crippen molar-refractivity contribution in [2.75, 3.05) is 18.0 Å². The zero-order valence-electron chi connectivity index (χ0n) is 16.1. The molecule has 3 aromatic heterocycles. The molecule has 8 heteroatoms. The number of amides is 1. The molecule has 0 aromatic carbocycles. The van der Waals surface area contributed by atoms with Crippen LogP contribution in [0.3, 0.4) is 0 Å². The van der Waals surface area contributed by atoms with Crippen molar-refractivity contribution in [2.45, 2.75) is 39.3 Å². The number of carbonyl (C=O) groups is 1. The summed E-state index contributed by atoms with van der Waals surface area (Å²) in [5.74, 6) is 2.90. The Balaban J connectivity index is 1.45. The van der Waals surface area contributed by atoms with Gasteiger partial charge in [-0.25, -0.2) is 0 Å². The van der Waals surface area contributed by atoms with Gasteiger partial charge in [-0.15, -0.1) is 10.2 Å². The summed E-state index contributed by atoms with van der Waals surface area (Å²) in [5.41, 5.74) is 1.39. The van der Waals surface area contributed by atoms with Crippen molar-refractivity contribution in [2.24, 2.45) is 0 Å². The number of nitrogens with one attached hydrogen (secondary N) is 1. The van der Waals surface area contributed by atoms with Gasteiger partial charge in [0.2, 0.25) is 0 Å². The van der Waals surface area contributed by atoms with E-state index in [-0.39, 0.29) is 5.91 Å². The van der Waals surface area contributed by atoms with E-state index in [0.717, 1.165) is 43.4 Å². The van der Waals surface area contributed by atoms with E-state index in [1.54, 1.807) is 18.5 Å². The molecule has 8 nitrogen and oxygen atoms in total. The minimum atomic E-state index is -0.215. The molecule has 1 aliphatic rings. The molecular formula is C20H24N6O2. The number of pyridine rings is 1. The third-order valence-electron chi connectivity index (χ3n) is 4.92. The fraction of sp³-hybridized carbons (Fsp3) is 0.400. The van der Waals surface area contributed by atoms with Gasteiger partial charge in [0.1, 0.15) is 23.1 Å². The van der Waals surface area contributed by atoms with E-state index in [2.05, 4.69) is 43.8 Å². The first-order valence-corrected chi connectivity index (χ1v) is 9.55. The van der Waals surface area contributed by atoms with Crippen molar-refractivity contribution >= 4 is 11.6 Å². The Hall–Kier alpha value is -3.16. The van der Waals surface area contributed by atoms with Crippen LogP contribution in [0, 0.1) is 0 Å². The molecule has 1 amide bonds. The predicted molar refractivity (Wildman–Crippen MR) is 104 cm³/mol. The third kappa shape index (κ3) is 3.76. The van der Waals surface area contributed by atoms with Crippen LogP contribution >= 0.6 is 0 Å². The maximum absolute atomic E-state index is 12.4. The lowest BCUT2D eigenvalue weighted by Gasteiger charge is -2.22. The smallest absolute Gasteiger partial charge is 0.270 e. The van der Waals surface area contributed by atoms with E-state index in [9.17, 15) is 4.79 Å². The number of aromatic nitrogens is 4. The first kappa shape index (κ1) is 18.2. The number of hydrogen-bond donors (Lipinski definition) is 1. The summed E-state index contributed by atoms with van der Waals surface area (Å²) in [6.07, 6.45) is 4.09. The van der Waals surface area contributed by atoms with E-state index in [0.29, 0.717) is 23.9 Å². The van der Waals surface area contributed by atoms with Crippen molar-refractivity contribution in [3.63, 3.8) is 0 Å². The fourth-order valence-electron chi connectivity index (χ4n) is 3.44. The summed E-state index contributed by atoms with van der Waals surface area (Å²) in [6, 6.07) is 7.40. The molecule has 1 N–H and O–H groups in total. The predicted octanol–water partition coefficient (Wildman–Crippen LogP) is 2.38. The van der Waals surface area contributed by atoms with Crippen molar-refractivity contribution in [1.29, 1.82) is 0 Å². The first-order chi connectivity index (χ1) is 13.6. The molecule has 0 saturated heterocycles. The van der Waals surface area contributed by atoms with Crippen LogP contribution in [0.15, 0.2) is 41.1 Å². The molecule has 3 aromatic rings. The molecule has 146 valence electrons. The number of rotatable bonds is 5. The van der Waals surface area contributed by atoms with Crippen molar-refractivity contribution in [3.8, 4) is 0 Å². The summed E-state index contributed by atoms with van der Waals surface area (Å²) in [7, 11) is 0. The number of anilines is 1. The fourth-order valence-corrected chi connectivity index (χ4v) is 3.44. The van der Waals surface area contributed by atoms with Crippen LogP contribution < -0.4 is 10.2 Å². The lowest BCUT2D eigenvalue weighted by molar-refractivity contribution is 0.0943. The Kier molecular flexibility index (Phi) is 5.10. The van der Waals surface area contributed by atoms with Crippen LogP contribution in [0.5, 0.6) is 0 Å². The Bertz CT molecular complexity index is 948. The highest BCUT2D eigenvalue weighted by Crippen LogP contribution is 2.21. The highest BCUT2D eigenvalue weighted by atomic mass is 16.3. The Morgan fingerprint density at radius 1 is 1.25 bits per heavy atom. The van der Waals surface area contributed by atoms with Gasteiger partial charge in [-0.3, -0.25) is 9.78 Å². The molecule has 0 spiro atoms. The second-order valence-corrected chi connectivity index (χ2v) is 7.18. The highest BCUT2D eigenvalue weighted by Gasteiger charge is 2.21. The van der Waals surface area contributed by atoms with Gasteiger partial charge in [-0.2, -0.15) is 0 Å². The van der Waals surface area contributed by atoms with Crippen LogP contribution in [-0.4, -0.2) is 38.7 Å². The lowest BCUT2D eigenvalue weighted by Crippen LogP contribution is -2.28. The minimum Gasteiger partial charge on any atom is -0.467 e. The standard InChI is InChI=1S/C20H24N6O2/c1-14(2)19-24-23-18-6-8-25(9-10-26(18)19)15-5-7-21-17(12-15)20(27)22-13-16-4-3-11-28-16/h3-5,7,11-12,14H,6,8-10,13H2,1-2H3,(H,22,27). The molecule has 0 atom stereocenters. The quantitative estimate of drug-likeness (QED) is 0.731. The summed E-state index contributed by atoms with van der Waals surface area (Å²) in [4.78, 5) is 18.9. The number of hydrogen-bond acceptors (Lipinski definition) is 6. The Morgan fingerprint density at radius 3 is 2.93 bits per heavy atom. The zero-order chi connectivity index (χ0) is 19.5. The molecule has 0 unspecified atom stereocenters. The summed E-state index contributed by atoms with van der Waals surface area (Å²) >= 11 is 0. The average Bonchev–Trinajstić information content (AvgIpc) is 3.32. The van der Waals surface area contributed by atoms with E-state index >= 15 is 0 Å².